The van der Waals surface area contributed by atoms with Crippen LogP contribution in [0.2, 0.25) is 19.6 Å². The Labute approximate surface area is 320 Å². The molecular weight excluding hydrogens is 813 g/mol. The minimum absolute atomic E-state index is 0. The van der Waals surface area contributed by atoms with Crippen LogP contribution < -0.4 is 5.19 Å². The second kappa shape index (κ2) is 16.0. The Morgan fingerprint density at radius 3 is 2.16 bits per heavy atom. The van der Waals surface area contributed by atoms with Gasteiger partial charge in [0, 0.05) is 33.9 Å². The van der Waals surface area contributed by atoms with Crippen molar-refractivity contribution in [3.05, 3.63) is 151 Å². The maximum atomic E-state index is 8.61. The van der Waals surface area contributed by atoms with Crippen molar-refractivity contribution in [1.29, 1.82) is 0 Å². The fourth-order valence-corrected chi connectivity index (χ4v) is 9.00. The summed E-state index contributed by atoms with van der Waals surface area (Å²) in [6.45, 7) is 11.1. The van der Waals surface area contributed by atoms with Crippen molar-refractivity contribution in [3.63, 3.8) is 0 Å². The van der Waals surface area contributed by atoms with Gasteiger partial charge < -0.3 is 9.97 Å². The maximum Gasteiger partial charge on any atom is 0.0799 e. The summed E-state index contributed by atoms with van der Waals surface area (Å²) < 4.78 is 8.61. The van der Waals surface area contributed by atoms with Gasteiger partial charge in [0.05, 0.1) is 8.07 Å². The SMILES string of the molecule is C[Si](C)(C)c1cnc(-c2[c-]cccc2)cc1C1CCCC1.[2H]C(C)(C)c1cnc(-c2[c-]ccc3c2ccc2ccccc23)cc1-c1ccccc1.[Ir]. The van der Waals surface area contributed by atoms with E-state index in [0.717, 1.165) is 50.5 Å². The van der Waals surface area contributed by atoms with Gasteiger partial charge in [0.2, 0.25) is 0 Å². The molecule has 0 spiro atoms. The van der Waals surface area contributed by atoms with Crippen molar-refractivity contribution >= 4 is 34.8 Å². The third-order valence-electron chi connectivity index (χ3n) is 10.0. The summed E-state index contributed by atoms with van der Waals surface area (Å²) in [4.78, 5) is 9.53. The normalized spacial score (nSPS) is 13.7. The van der Waals surface area contributed by atoms with Gasteiger partial charge in [-0.05, 0) is 68.7 Å². The van der Waals surface area contributed by atoms with Crippen LogP contribution in [-0.4, -0.2) is 18.0 Å². The molecule has 2 nitrogen and oxygen atoms in total. The van der Waals surface area contributed by atoms with Crippen molar-refractivity contribution in [2.75, 3.05) is 0 Å². The molecule has 1 aliphatic carbocycles. The first-order chi connectivity index (χ1) is 24.6. The second-order valence-electron chi connectivity index (χ2n) is 14.7. The number of aromatic nitrogens is 2. The summed E-state index contributed by atoms with van der Waals surface area (Å²) in [6.07, 6.45) is 9.48. The molecule has 1 fully saturated rings. The molecule has 0 unspecified atom stereocenters. The molecule has 4 heteroatoms. The van der Waals surface area contributed by atoms with Gasteiger partial charge in [-0.25, -0.2) is 0 Å². The zero-order chi connectivity index (χ0) is 35.6. The van der Waals surface area contributed by atoms with Gasteiger partial charge in [-0.1, -0.05) is 142 Å². The van der Waals surface area contributed by atoms with Gasteiger partial charge >= 0.3 is 0 Å². The number of hydrogen-bond acceptors (Lipinski definition) is 2. The molecule has 51 heavy (non-hydrogen) atoms. The summed E-state index contributed by atoms with van der Waals surface area (Å²) in [7, 11) is -1.34. The standard InChI is InChI=1S/C28H22N.C19H24NSi.Ir/c1-19(2)27-18-29-28(17-26(27)20-9-4-3-5-10-20)25-14-8-13-23-22-12-7-6-11-21(22)15-16-24(23)25;1-21(2,3)19-14-20-18(16-11-5-4-6-12-16)13-17(19)15-9-7-8-10-15;/h3-13,15-19H,1-2H3;4-6,11,13-15H,7-10H2,1-3H3;/q2*-1;/i19D;;. The molecule has 2 heterocycles. The average molecular weight is 860 g/mol. The zero-order valence-electron chi connectivity index (χ0n) is 31.3. The monoisotopic (exact) mass is 860 g/mol. The van der Waals surface area contributed by atoms with Crippen LogP contribution in [0.15, 0.2) is 128 Å². The molecule has 1 aliphatic rings. The predicted octanol–water partition coefficient (Wildman–Crippen LogP) is 12.4. The molecule has 7 aromatic rings. The molecule has 0 amide bonds. The number of nitrogens with zero attached hydrogens (tertiary/aromatic N) is 2. The molecule has 0 aliphatic heterocycles. The third kappa shape index (κ3) is 7.99. The van der Waals surface area contributed by atoms with E-state index in [0.29, 0.717) is 0 Å². The van der Waals surface area contributed by atoms with E-state index in [1.54, 1.807) is 10.8 Å². The number of pyridine rings is 2. The van der Waals surface area contributed by atoms with Crippen molar-refractivity contribution in [2.45, 2.75) is 71.0 Å². The van der Waals surface area contributed by atoms with Crippen LogP contribution in [-0.2, 0) is 20.1 Å². The number of rotatable bonds is 6. The molecular formula is C47H46IrN2Si-2. The maximum absolute atomic E-state index is 8.61. The topological polar surface area (TPSA) is 25.8 Å². The van der Waals surface area contributed by atoms with Crippen molar-refractivity contribution in [3.8, 4) is 33.6 Å². The molecule has 0 bridgehead atoms. The van der Waals surface area contributed by atoms with E-state index >= 15 is 0 Å². The Morgan fingerprint density at radius 2 is 1.43 bits per heavy atom. The molecule has 259 valence electrons. The summed E-state index contributed by atoms with van der Waals surface area (Å²) in [5.41, 5.74) is 8.71. The molecule has 1 saturated carbocycles. The van der Waals surface area contributed by atoms with E-state index < -0.39 is 14.0 Å². The average Bonchev–Trinajstić information content (AvgIpc) is 3.70. The van der Waals surface area contributed by atoms with Gasteiger partial charge in [0.25, 0.3) is 0 Å². The summed E-state index contributed by atoms with van der Waals surface area (Å²) in [6, 6.07) is 46.5. The Bertz CT molecular complexity index is 2290. The van der Waals surface area contributed by atoms with E-state index in [1.807, 2.05) is 56.4 Å². The molecule has 2 aromatic heterocycles. The molecule has 0 N–H and O–H groups in total. The summed E-state index contributed by atoms with van der Waals surface area (Å²) in [5, 5.41) is 6.35. The van der Waals surface area contributed by atoms with Crippen LogP contribution >= 0.6 is 0 Å². The van der Waals surface area contributed by atoms with Crippen LogP contribution in [0.1, 0.15) is 63.8 Å². The van der Waals surface area contributed by atoms with Gasteiger partial charge in [-0.2, -0.15) is 0 Å². The number of fused-ring (bicyclic) bond motifs is 3. The van der Waals surface area contributed by atoms with E-state index in [4.69, 9.17) is 11.3 Å². The fourth-order valence-electron chi connectivity index (χ4n) is 7.41. The first-order valence-corrected chi connectivity index (χ1v) is 21.4. The largest absolute Gasteiger partial charge is 0.305 e. The predicted molar refractivity (Wildman–Crippen MR) is 216 cm³/mol. The summed E-state index contributed by atoms with van der Waals surface area (Å²) >= 11 is 0. The van der Waals surface area contributed by atoms with Gasteiger partial charge in [0.1, 0.15) is 0 Å². The van der Waals surface area contributed by atoms with E-state index in [9.17, 15) is 0 Å². The zero-order valence-corrected chi connectivity index (χ0v) is 33.7. The van der Waals surface area contributed by atoms with Crippen LogP contribution in [0.5, 0.6) is 0 Å². The molecule has 0 atom stereocenters. The third-order valence-corrected chi connectivity index (χ3v) is 12.1. The fraction of sp³-hybridized carbons (Fsp3) is 0.234. The van der Waals surface area contributed by atoms with Crippen LogP contribution in [0, 0.1) is 12.1 Å². The van der Waals surface area contributed by atoms with Crippen molar-refractivity contribution in [1.82, 2.24) is 9.97 Å². The number of hydrogen-bond donors (Lipinski definition) is 0. The van der Waals surface area contributed by atoms with Gasteiger partial charge in [-0.3, -0.25) is 0 Å². The van der Waals surface area contributed by atoms with E-state index in [-0.39, 0.29) is 20.1 Å². The smallest absolute Gasteiger partial charge is 0.0799 e. The number of benzene rings is 5. The Hall–Kier alpha value is -4.21. The first-order valence-electron chi connectivity index (χ1n) is 18.4. The Morgan fingerprint density at radius 1 is 0.706 bits per heavy atom. The van der Waals surface area contributed by atoms with Crippen molar-refractivity contribution < 1.29 is 21.5 Å². The quantitative estimate of drug-likeness (QED) is 0.0946. The summed E-state index contributed by atoms with van der Waals surface area (Å²) in [5.74, 6) is 0.00670. The van der Waals surface area contributed by atoms with Crippen LogP contribution in [0.25, 0.3) is 55.2 Å². The van der Waals surface area contributed by atoms with Gasteiger partial charge in [-0.15, -0.1) is 59.7 Å². The van der Waals surface area contributed by atoms with Crippen molar-refractivity contribution in [2.24, 2.45) is 0 Å². The molecule has 1 radical (unpaired) electrons. The molecule has 8 rings (SSSR count). The molecule has 0 saturated heterocycles. The Kier molecular flexibility index (Phi) is 11.0. The van der Waals surface area contributed by atoms with E-state index in [1.165, 1.54) is 41.8 Å². The van der Waals surface area contributed by atoms with Crippen LogP contribution in [0.3, 0.4) is 0 Å². The van der Waals surface area contributed by atoms with E-state index in [2.05, 4.69) is 117 Å². The van der Waals surface area contributed by atoms with Crippen LogP contribution in [0.4, 0.5) is 0 Å². The Balaban J connectivity index is 0.000000186. The first kappa shape index (κ1) is 35.2. The second-order valence-corrected chi connectivity index (χ2v) is 19.8. The van der Waals surface area contributed by atoms with Gasteiger partial charge in [0.15, 0.2) is 0 Å². The minimum atomic E-state index is -1.34. The minimum Gasteiger partial charge on any atom is -0.305 e. The molecule has 5 aromatic carbocycles.